The van der Waals surface area contributed by atoms with E-state index >= 15 is 0 Å². The third-order valence-corrected chi connectivity index (χ3v) is 2.63. The quantitative estimate of drug-likeness (QED) is 0.466. The first kappa shape index (κ1) is 13.8. The number of phenolic OH excluding ortho intramolecular Hbond substituents is 1. The number of hydrogen-bond donors (Lipinski definition) is 4. The molecule has 0 aliphatic rings. The van der Waals surface area contributed by atoms with Crippen LogP contribution in [0.25, 0.3) is 0 Å². The molecule has 94 valence electrons. The summed E-state index contributed by atoms with van der Waals surface area (Å²) >= 11 is 0. The van der Waals surface area contributed by atoms with E-state index in [0.717, 1.165) is 0 Å². The summed E-state index contributed by atoms with van der Waals surface area (Å²) in [6, 6.07) is 4.17. The van der Waals surface area contributed by atoms with Gasteiger partial charge in [0.2, 0.25) is 0 Å². The van der Waals surface area contributed by atoms with Gasteiger partial charge >= 0.3 is 5.97 Å². The molecular weight excluding hydrogens is 249 g/mol. The van der Waals surface area contributed by atoms with Gasteiger partial charge in [-0.25, -0.2) is 4.89 Å². The second-order valence-electron chi connectivity index (χ2n) is 3.41. The maximum absolute atomic E-state index is 10.8. The lowest BCUT2D eigenvalue weighted by atomic mass is 10.1. The van der Waals surface area contributed by atoms with Crippen molar-refractivity contribution in [2.75, 3.05) is 0 Å². The van der Waals surface area contributed by atoms with Crippen molar-refractivity contribution in [3.05, 3.63) is 29.8 Å². The Hall–Kier alpha value is -1.24. The Morgan fingerprint density at radius 1 is 1.35 bits per heavy atom. The molecule has 0 heterocycles. The molecule has 4 N–H and O–H groups in total. The average Bonchev–Trinajstić information content (AvgIpc) is 2.18. The van der Waals surface area contributed by atoms with Crippen LogP contribution in [0.5, 0.6) is 5.75 Å². The third-order valence-electron chi connectivity index (χ3n) is 1.99. The van der Waals surface area contributed by atoms with Gasteiger partial charge in [0.1, 0.15) is 19.9 Å². The van der Waals surface area contributed by atoms with Gasteiger partial charge in [-0.15, -0.1) is 0 Å². The van der Waals surface area contributed by atoms with Crippen LogP contribution in [0.1, 0.15) is 5.56 Å². The number of aromatic hydroxyl groups is 1. The molecule has 0 aliphatic carbocycles. The summed E-state index contributed by atoms with van der Waals surface area (Å²) in [6.45, 7) is 0. The smallest absolute Gasteiger partial charge is 0.324 e. The maximum Gasteiger partial charge on any atom is 0.324 e. The lowest BCUT2D eigenvalue weighted by Gasteiger charge is -2.30. The van der Waals surface area contributed by atoms with E-state index in [2.05, 4.69) is 0 Å². The van der Waals surface area contributed by atoms with Gasteiger partial charge in [0.25, 0.3) is 0 Å². The number of hydrogen-bond acceptors (Lipinski definition) is 6. The summed E-state index contributed by atoms with van der Waals surface area (Å²) in [7, 11) is -4.85. The van der Waals surface area contributed by atoms with Crippen molar-refractivity contribution in [1.29, 1.82) is 0 Å². The monoisotopic (exact) mass is 260 g/mol. The van der Waals surface area contributed by atoms with E-state index < -0.39 is 20.1 Å². The fraction of sp³-hybridized carbons (Fsp3) is 0.222. The topological polar surface area (TPSA) is 136 Å². The number of carboxylic acids is 1. The third kappa shape index (κ3) is 5.08. The summed E-state index contributed by atoms with van der Waals surface area (Å²) in [5.74, 6) is -1.38. The van der Waals surface area contributed by atoms with Crippen molar-refractivity contribution in [2.45, 2.75) is 12.5 Å². The molecule has 1 atom stereocenters. The van der Waals surface area contributed by atoms with Gasteiger partial charge < -0.3 is 20.0 Å². The fourth-order valence-electron chi connectivity index (χ4n) is 1.25. The van der Waals surface area contributed by atoms with Crippen molar-refractivity contribution in [3.63, 3.8) is 0 Å². The van der Waals surface area contributed by atoms with Crippen molar-refractivity contribution >= 4 is 14.1 Å². The summed E-state index contributed by atoms with van der Waals surface area (Å²) in [5.41, 5.74) is 0.510. The number of carboxylic acid groups (broad SMARTS) is 1. The van der Waals surface area contributed by atoms with Gasteiger partial charge in [-0.3, -0.25) is 4.79 Å². The number of benzene rings is 1. The summed E-state index contributed by atoms with van der Waals surface area (Å²) in [4.78, 5) is 40.4. The van der Waals surface area contributed by atoms with Gasteiger partial charge in [-0.05, 0) is 17.7 Å². The second-order valence-corrected chi connectivity index (χ2v) is 4.71. The van der Waals surface area contributed by atoms with Crippen LogP contribution in [0.15, 0.2) is 24.3 Å². The highest BCUT2D eigenvalue weighted by molar-refractivity contribution is 7.53. The first-order valence-electron chi connectivity index (χ1n) is 4.60. The normalized spacial score (nSPS) is 13.4. The number of aliphatic carboxylic acids is 1. The van der Waals surface area contributed by atoms with Crippen LogP contribution in [-0.4, -0.2) is 27.1 Å². The predicted molar refractivity (Wildman–Crippen MR) is 55.5 cm³/mol. The Labute approximate surface area is 97.6 Å². The van der Waals surface area contributed by atoms with Crippen molar-refractivity contribution in [3.8, 4) is 5.75 Å². The Bertz CT molecular complexity index is 387. The molecule has 17 heavy (non-hydrogen) atoms. The van der Waals surface area contributed by atoms with Gasteiger partial charge in [-0.1, -0.05) is 12.1 Å². The van der Waals surface area contributed by atoms with E-state index in [1.54, 1.807) is 5.09 Å². The van der Waals surface area contributed by atoms with E-state index in [1.165, 1.54) is 24.3 Å². The molecule has 0 bridgehead atoms. The lowest BCUT2D eigenvalue weighted by molar-refractivity contribution is -0.336. The van der Waals surface area contributed by atoms with Crippen LogP contribution in [-0.2, 0) is 11.2 Å². The number of phenols is 1. The van der Waals surface area contributed by atoms with Crippen molar-refractivity contribution in [2.24, 2.45) is 0 Å². The molecule has 0 fully saturated rings. The first-order valence-corrected chi connectivity index (χ1v) is 6.18. The van der Waals surface area contributed by atoms with Gasteiger partial charge in [0.15, 0.2) is 0 Å². The van der Waals surface area contributed by atoms with E-state index in [0.29, 0.717) is 5.56 Å². The molecule has 1 aromatic carbocycles. The summed E-state index contributed by atoms with van der Waals surface area (Å²) in [6.07, 6.45) is -0.137. The SMILES string of the molecule is O=C(O)[C@H](Cc1ccc(O)cc1)N[P+]([O-])([O-])O. The fourth-order valence-corrected chi connectivity index (χ4v) is 1.85. The minimum absolute atomic E-state index is 0.0187. The van der Waals surface area contributed by atoms with E-state index in [9.17, 15) is 14.6 Å². The Kier molecular flexibility index (Phi) is 4.39. The van der Waals surface area contributed by atoms with Crippen LogP contribution in [0, 0.1) is 0 Å². The summed E-state index contributed by atoms with van der Waals surface area (Å²) in [5, 5.41) is 19.4. The number of nitrogens with one attached hydrogen (secondary N) is 1. The number of carbonyl (C=O) groups is 1. The molecule has 0 spiro atoms. The van der Waals surface area contributed by atoms with E-state index in [-0.39, 0.29) is 12.2 Å². The highest BCUT2D eigenvalue weighted by Crippen LogP contribution is 2.28. The molecule has 0 unspecified atom stereocenters. The molecule has 8 heteroatoms. The molecule has 0 amide bonds. The zero-order valence-corrected chi connectivity index (χ0v) is 9.50. The molecular formula is C9H11NO6P-. The molecule has 1 aromatic rings. The molecule has 0 radical (unpaired) electrons. The van der Waals surface area contributed by atoms with Gasteiger partial charge in [-0.2, -0.15) is 5.09 Å². The van der Waals surface area contributed by atoms with Crippen LogP contribution in [0.4, 0.5) is 0 Å². The summed E-state index contributed by atoms with van der Waals surface area (Å²) < 4.78 is 0. The number of rotatable bonds is 5. The second kappa shape index (κ2) is 5.39. The Balaban J connectivity index is 2.73. The molecule has 1 rings (SSSR count). The molecule has 0 saturated heterocycles. The zero-order chi connectivity index (χ0) is 13.1. The Morgan fingerprint density at radius 3 is 2.29 bits per heavy atom. The van der Waals surface area contributed by atoms with Gasteiger partial charge in [0.05, 0.1) is 0 Å². The largest absolute Gasteiger partial charge is 0.645 e. The minimum Gasteiger partial charge on any atom is -0.645 e. The van der Waals surface area contributed by atoms with Gasteiger partial charge in [0, 0.05) is 6.42 Å². The highest BCUT2D eigenvalue weighted by Gasteiger charge is 2.24. The van der Waals surface area contributed by atoms with Crippen molar-refractivity contribution in [1.82, 2.24) is 5.09 Å². The molecule has 7 nitrogen and oxygen atoms in total. The lowest BCUT2D eigenvalue weighted by Crippen LogP contribution is -2.45. The highest BCUT2D eigenvalue weighted by atomic mass is 31.2. The van der Waals surface area contributed by atoms with Crippen LogP contribution in [0.2, 0.25) is 0 Å². The van der Waals surface area contributed by atoms with Crippen LogP contribution < -0.4 is 14.9 Å². The maximum atomic E-state index is 10.8. The Morgan fingerprint density at radius 2 is 1.88 bits per heavy atom. The standard InChI is InChI=1S/C9H12NO6P/c11-7-3-1-6(2-4-7)5-8(9(12)13)10-17(14,15)16/h1-4,8,11H,5H2,(H,12,13)(H3,10,14,15,16)/p-1/t8-/m0/s1. The average molecular weight is 260 g/mol. The molecule has 0 aliphatic heterocycles. The van der Waals surface area contributed by atoms with Crippen molar-refractivity contribution < 1.29 is 29.7 Å². The first-order chi connectivity index (χ1) is 7.78. The van der Waals surface area contributed by atoms with Crippen LogP contribution >= 0.6 is 8.09 Å². The predicted octanol–water partition coefficient (Wildman–Crippen LogP) is -1.63. The minimum atomic E-state index is -4.85. The molecule has 0 saturated carbocycles. The van der Waals surface area contributed by atoms with Crippen LogP contribution in [0.3, 0.4) is 0 Å². The zero-order valence-electron chi connectivity index (χ0n) is 8.61. The van der Waals surface area contributed by atoms with E-state index in [1.807, 2.05) is 0 Å². The van der Waals surface area contributed by atoms with E-state index in [4.69, 9.17) is 15.1 Å². The molecule has 0 aromatic heterocycles.